The van der Waals surface area contributed by atoms with E-state index in [-0.39, 0.29) is 17.9 Å². The van der Waals surface area contributed by atoms with E-state index in [1.165, 1.54) is 5.56 Å². The minimum absolute atomic E-state index is 0.0971. The van der Waals surface area contributed by atoms with E-state index in [9.17, 15) is 9.59 Å². The first-order valence-electron chi connectivity index (χ1n) is 11.0. The van der Waals surface area contributed by atoms with E-state index < -0.39 is 0 Å². The van der Waals surface area contributed by atoms with Crippen molar-refractivity contribution in [3.8, 4) is 0 Å². The van der Waals surface area contributed by atoms with Crippen LogP contribution in [-0.4, -0.2) is 47.3 Å². The highest BCUT2D eigenvalue weighted by molar-refractivity contribution is 9.10. The standard InChI is InChI=1S/C25H29BrN2O2/c1-2-14-28(25(30)23-17-22(23)18-8-10-20(26)11-9-18)21-12-15-27(16-13-21)24(29)19-6-4-3-5-7-19/h3-11,21-23H,2,12-17H2,1H3. The molecule has 1 aliphatic heterocycles. The first-order chi connectivity index (χ1) is 14.6. The van der Waals surface area contributed by atoms with Gasteiger partial charge in [-0.3, -0.25) is 9.59 Å². The molecule has 30 heavy (non-hydrogen) atoms. The van der Waals surface area contributed by atoms with Crippen LogP contribution in [0.1, 0.15) is 54.4 Å². The first kappa shape index (κ1) is 21.1. The smallest absolute Gasteiger partial charge is 0.253 e. The summed E-state index contributed by atoms with van der Waals surface area (Å²) < 4.78 is 1.07. The lowest BCUT2D eigenvalue weighted by atomic mass is 10.0. The Kier molecular flexibility index (Phi) is 6.57. The molecule has 4 nitrogen and oxygen atoms in total. The SMILES string of the molecule is CCCN(C(=O)C1CC1c1ccc(Br)cc1)C1CCN(C(=O)c2ccccc2)CC1. The maximum absolute atomic E-state index is 13.3. The second kappa shape index (κ2) is 9.34. The zero-order chi connectivity index (χ0) is 21.1. The number of likely N-dealkylation sites (tertiary alicyclic amines) is 1. The van der Waals surface area contributed by atoms with Crippen molar-refractivity contribution in [3.63, 3.8) is 0 Å². The maximum Gasteiger partial charge on any atom is 0.253 e. The van der Waals surface area contributed by atoms with Crippen molar-refractivity contribution in [1.29, 1.82) is 0 Å². The summed E-state index contributed by atoms with van der Waals surface area (Å²) >= 11 is 3.48. The minimum atomic E-state index is 0.0971. The van der Waals surface area contributed by atoms with Gasteiger partial charge in [0.1, 0.15) is 0 Å². The van der Waals surface area contributed by atoms with E-state index in [1.54, 1.807) is 0 Å². The van der Waals surface area contributed by atoms with Crippen LogP contribution in [0.4, 0.5) is 0 Å². The van der Waals surface area contributed by atoms with Crippen LogP contribution in [0.2, 0.25) is 0 Å². The van der Waals surface area contributed by atoms with E-state index in [2.05, 4.69) is 52.0 Å². The van der Waals surface area contributed by atoms with Gasteiger partial charge in [-0.15, -0.1) is 0 Å². The number of carbonyl (C=O) groups is 2. The van der Waals surface area contributed by atoms with Crippen molar-refractivity contribution in [2.24, 2.45) is 5.92 Å². The summed E-state index contributed by atoms with van der Waals surface area (Å²) in [6, 6.07) is 18.1. The van der Waals surface area contributed by atoms with Crippen LogP contribution < -0.4 is 0 Å². The maximum atomic E-state index is 13.3. The van der Waals surface area contributed by atoms with Gasteiger partial charge in [0, 0.05) is 41.6 Å². The zero-order valence-corrected chi connectivity index (χ0v) is 19.1. The zero-order valence-electron chi connectivity index (χ0n) is 17.5. The molecule has 0 aromatic heterocycles. The molecule has 2 aromatic carbocycles. The highest BCUT2D eigenvalue weighted by Crippen LogP contribution is 2.49. The fraction of sp³-hybridized carbons (Fsp3) is 0.440. The van der Waals surface area contributed by atoms with Crippen LogP contribution >= 0.6 is 15.9 Å². The first-order valence-corrected chi connectivity index (χ1v) is 11.8. The van der Waals surface area contributed by atoms with Gasteiger partial charge < -0.3 is 9.80 Å². The number of amides is 2. The van der Waals surface area contributed by atoms with Crippen LogP contribution in [0.5, 0.6) is 0 Å². The Balaban J connectivity index is 1.36. The van der Waals surface area contributed by atoms with Gasteiger partial charge in [0.15, 0.2) is 0 Å². The van der Waals surface area contributed by atoms with Gasteiger partial charge in [0.2, 0.25) is 5.91 Å². The molecule has 0 N–H and O–H groups in total. The van der Waals surface area contributed by atoms with Crippen molar-refractivity contribution in [3.05, 3.63) is 70.2 Å². The van der Waals surface area contributed by atoms with E-state index in [0.717, 1.165) is 42.3 Å². The summed E-state index contributed by atoms with van der Waals surface area (Å²) in [6.45, 7) is 4.37. The molecule has 2 aromatic rings. The van der Waals surface area contributed by atoms with Gasteiger partial charge >= 0.3 is 0 Å². The third-order valence-corrected chi connectivity index (χ3v) is 6.90. The third-order valence-electron chi connectivity index (χ3n) is 6.37. The van der Waals surface area contributed by atoms with E-state index >= 15 is 0 Å². The van der Waals surface area contributed by atoms with Gasteiger partial charge in [0.25, 0.3) is 5.91 Å². The Labute approximate surface area is 187 Å². The molecule has 0 spiro atoms. The van der Waals surface area contributed by atoms with Crippen LogP contribution in [-0.2, 0) is 4.79 Å². The molecule has 2 unspecified atom stereocenters. The summed E-state index contributed by atoms with van der Waals surface area (Å²) in [4.78, 5) is 30.1. The molecular weight excluding hydrogens is 440 g/mol. The summed E-state index contributed by atoms with van der Waals surface area (Å²) in [7, 11) is 0. The number of nitrogens with zero attached hydrogens (tertiary/aromatic N) is 2. The summed E-state index contributed by atoms with van der Waals surface area (Å²) in [5.74, 6) is 0.865. The molecule has 0 bridgehead atoms. The fourth-order valence-electron chi connectivity index (χ4n) is 4.62. The van der Waals surface area contributed by atoms with Crippen LogP contribution in [0, 0.1) is 5.92 Å². The summed E-state index contributed by atoms with van der Waals surface area (Å²) in [6.07, 6.45) is 3.64. The van der Waals surface area contributed by atoms with E-state index in [0.29, 0.717) is 24.9 Å². The molecule has 4 rings (SSSR count). The van der Waals surface area contributed by atoms with E-state index in [1.807, 2.05) is 35.2 Å². The van der Waals surface area contributed by atoms with Crippen LogP contribution in [0.25, 0.3) is 0 Å². The predicted octanol–water partition coefficient (Wildman–Crippen LogP) is 5.10. The molecule has 2 fully saturated rings. The van der Waals surface area contributed by atoms with Crippen molar-refractivity contribution >= 4 is 27.7 Å². The number of hydrogen-bond acceptors (Lipinski definition) is 2. The van der Waals surface area contributed by atoms with Gasteiger partial charge in [-0.1, -0.05) is 53.2 Å². The second-order valence-corrected chi connectivity index (χ2v) is 9.34. The number of benzene rings is 2. The molecule has 2 aliphatic rings. The topological polar surface area (TPSA) is 40.6 Å². The third kappa shape index (κ3) is 4.61. The Morgan fingerprint density at radius 1 is 1.03 bits per heavy atom. The lowest BCUT2D eigenvalue weighted by Gasteiger charge is -2.39. The highest BCUT2D eigenvalue weighted by Gasteiger charge is 2.47. The van der Waals surface area contributed by atoms with Crippen LogP contribution in [0.3, 0.4) is 0 Å². The molecule has 1 aliphatic carbocycles. The molecule has 158 valence electrons. The number of halogens is 1. The molecule has 1 saturated heterocycles. The number of piperidine rings is 1. The molecule has 2 amide bonds. The lowest BCUT2D eigenvalue weighted by molar-refractivity contribution is -0.136. The average Bonchev–Trinajstić information content (AvgIpc) is 3.59. The van der Waals surface area contributed by atoms with Crippen molar-refractivity contribution in [2.45, 2.75) is 44.6 Å². The van der Waals surface area contributed by atoms with Crippen molar-refractivity contribution in [2.75, 3.05) is 19.6 Å². The van der Waals surface area contributed by atoms with Gasteiger partial charge in [-0.25, -0.2) is 0 Å². The fourth-order valence-corrected chi connectivity index (χ4v) is 4.88. The summed E-state index contributed by atoms with van der Waals surface area (Å²) in [5.41, 5.74) is 2.00. The molecule has 1 heterocycles. The molecule has 5 heteroatoms. The normalized spacial score (nSPS) is 21.3. The predicted molar refractivity (Wildman–Crippen MR) is 122 cm³/mol. The lowest BCUT2D eigenvalue weighted by Crippen LogP contribution is -2.49. The summed E-state index contributed by atoms with van der Waals surface area (Å²) in [5, 5.41) is 0. The van der Waals surface area contributed by atoms with Gasteiger partial charge in [0.05, 0.1) is 0 Å². The highest BCUT2D eigenvalue weighted by atomic mass is 79.9. The Bertz CT molecular complexity index is 876. The Morgan fingerprint density at radius 2 is 1.70 bits per heavy atom. The quantitative estimate of drug-likeness (QED) is 0.591. The second-order valence-electron chi connectivity index (χ2n) is 8.42. The average molecular weight is 469 g/mol. The number of rotatable bonds is 6. The molecule has 0 radical (unpaired) electrons. The van der Waals surface area contributed by atoms with E-state index in [4.69, 9.17) is 0 Å². The molecule has 1 saturated carbocycles. The monoisotopic (exact) mass is 468 g/mol. The van der Waals surface area contributed by atoms with Gasteiger partial charge in [-0.05, 0) is 61.4 Å². The van der Waals surface area contributed by atoms with Crippen molar-refractivity contribution < 1.29 is 9.59 Å². The molecular formula is C25H29BrN2O2. The van der Waals surface area contributed by atoms with Gasteiger partial charge in [-0.2, -0.15) is 0 Å². The number of hydrogen-bond donors (Lipinski definition) is 0. The minimum Gasteiger partial charge on any atom is -0.339 e. The molecule has 2 atom stereocenters. The Morgan fingerprint density at radius 3 is 2.33 bits per heavy atom. The van der Waals surface area contributed by atoms with Crippen molar-refractivity contribution in [1.82, 2.24) is 9.80 Å². The largest absolute Gasteiger partial charge is 0.339 e. The number of carbonyl (C=O) groups excluding carboxylic acids is 2. The Hall–Kier alpha value is -2.14. The van der Waals surface area contributed by atoms with Crippen LogP contribution in [0.15, 0.2) is 59.1 Å².